The van der Waals surface area contributed by atoms with E-state index in [-0.39, 0.29) is 0 Å². The van der Waals surface area contributed by atoms with E-state index < -0.39 is 0 Å². The number of rotatable bonds is 4. The van der Waals surface area contributed by atoms with Crippen LogP contribution in [-0.2, 0) is 24.2 Å². The van der Waals surface area contributed by atoms with Crippen LogP contribution in [-0.4, -0.2) is 3.71 Å². The third-order valence-electron chi connectivity index (χ3n) is 2.76. The summed E-state index contributed by atoms with van der Waals surface area (Å²) in [4.78, 5) is 0. The number of hydrogen-bond acceptors (Lipinski definition) is 0. The van der Waals surface area contributed by atoms with Crippen LogP contribution in [0.2, 0.25) is 0 Å². The summed E-state index contributed by atoms with van der Waals surface area (Å²) in [7, 11) is 0. The molecule has 0 aliphatic rings. The topological polar surface area (TPSA) is 0 Å². The van der Waals surface area contributed by atoms with E-state index in [4.69, 9.17) is 0 Å². The molecule has 0 aromatic heterocycles. The SMILES string of the molecule is [Zr+2]=[CH]CC(c1ccccc1)c1ccccc1. The fourth-order valence-corrected chi connectivity index (χ4v) is 2.53. The van der Waals surface area contributed by atoms with Gasteiger partial charge in [0.15, 0.2) is 0 Å². The van der Waals surface area contributed by atoms with Crippen molar-refractivity contribution in [1.29, 1.82) is 0 Å². The van der Waals surface area contributed by atoms with E-state index in [9.17, 15) is 0 Å². The first-order chi connectivity index (χ1) is 7.92. The monoisotopic (exact) mass is 284 g/mol. The van der Waals surface area contributed by atoms with Crippen LogP contribution in [0.3, 0.4) is 0 Å². The van der Waals surface area contributed by atoms with Crippen molar-refractivity contribution in [2.45, 2.75) is 12.3 Å². The van der Waals surface area contributed by atoms with E-state index in [1.54, 1.807) is 0 Å². The van der Waals surface area contributed by atoms with Gasteiger partial charge in [-0.05, 0) is 0 Å². The van der Waals surface area contributed by atoms with Gasteiger partial charge in [0.25, 0.3) is 0 Å². The van der Waals surface area contributed by atoms with E-state index in [0.717, 1.165) is 6.42 Å². The van der Waals surface area contributed by atoms with Crippen molar-refractivity contribution < 1.29 is 24.2 Å². The Hall–Kier alpha value is -0.807. The van der Waals surface area contributed by atoms with E-state index in [1.807, 2.05) is 0 Å². The van der Waals surface area contributed by atoms with Gasteiger partial charge < -0.3 is 0 Å². The molecule has 0 fully saturated rings. The van der Waals surface area contributed by atoms with Crippen LogP contribution < -0.4 is 0 Å². The quantitative estimate of drug-likeness (QED) is 0.806. The van der Waals surface area contributed by atoms with Crippen LogP contribution in [0.25, 0.3) is 0 Å². The summed E-state index contributed by atoms with van der Waals surface area (Å²) in [5, 5.41) is 0. The average Bonchev–Trinajstić information content (AvgIpc) is 2.38. The Morgan fingerprint density at radius 1 is 0.812 bits per heavy atom. The first-order valence-electron chi connectivity index (χ1n) is 5.50. The standard InChI is InChI=1S/C15H14.Zr/c1-2-15(13-9-5-3-6-10-13)14-11-7-4-8-12-14;/h1,3-12,15H,2H2;/q;+2. The molecular formula is C15H14Zr+2. The summed E-state index contributed by atoms with van der Waals surface area (Å²) in [5.41, 5.74) is 2.82. The summed E-state index contributed by atoms with van der Waals surface area (Å²) >= 11 is 1.50. The molecule has 2 aromatic carbocycles. The summed E-state index contributed by atoms with van der Waals surface area (Å²) in [6.45, 7) is 0. The molecule has 0 nitrogen and oxygen atoms in total. The van der Waals surface area contributed by atoms with Gasteiger partial charge in [-0.1, -0.05) is 0 Å². The number of benzene rings is 2. The van der Waals surface area contributed by atoms with Gasteiger partial charge in [-0.3, -0.25) is 0 Å². The normalized spacial score (nSPS) is 10.4. The molecule has 0 heterocycles. The predicted octanol–water partition coefficient (Wildman–Crippen LogP) is 3.56. The Bertz CT molecular complexity index is 394. The fraction of sp³-hybridized carbons (Fsp3) is 0.133. The van der Waals surface area contributed by atoms with Gasteiger partial charge in [0.05, 0.1) is 0 Å². The Balaban J connectivity index is 2.35. The van der Waals surface area contributed by atoms with Crippen LogP contribution in [0, 0.1) is 0 Å². The molecule has 0 saturated heterocycles. The molecule has 0 atom stereocenters. The van der Waals surface area contributed by atoms with Crippen LogP contribution >= 0.6 is 0 Å². The van der Waals surface area contributed by atoms with Crippen molar-refractivity contribution >= 4 is 3.71 Å². The van der Waals surface area contributed by atoms with Gasteiger partial charge >= 0.3 is 112 Å². The van der Waals surface area contributed by atoms with E-state index in [2.05, 4.69) is 64.4 Å². The zero-order valence-corrected chi connectivity index (χ0v) is 11.6. The first-order valence-corrected chi connectivity index (χ1v) is 6.92. The fourth-order valence-electron chi connectivity index (χ4n) is 1.95. The Labute approximate surface area is 112 Å². The first kappa shape index (κ1) is 11.7. The maximum absolute atomic E-state index is 2.33. The number of hydrogen-bond donors (Lipinski definition) is 0. The molecule has 0 amide bonds. The van der Waals surface area contributed by atoms with Crippen LogP contribution in [0.5, 0.6) is 0 Å². The van der Waals surface area contributed by atoms with Crippen molar-refractivity contribution in [2.75, 3.05) is 0 Å². The third kappa shape index (κ3) is 2.86. The molecule has 2 rings (SSSR count). The third-order valence-corrected chi connectivity index (χ3v) is 3.34. The summed E-state index contributed by atoms with van der Waals surface area (Å²) in [6, 6.07) is 21.5. The Morgan fingerprint density at radius 2 is 1.25 bits per heavy atom. The molecule has 0 radical (unpaired) electrons. The molecule has 2 aromatic rings. The molecule has 0 bridgehead atoms. The van der Waals surface area contributed by atoms with Crippen molar-refractivity contribution in [3.63, 3.8) is 0 Å². The van der Waals surface area contributed by atoms with Crippen LogP contribution in [0.4, 0.5) is 0 Å². The molecule has 0 aliphatic heterocycles. The Morgan fingerprint density at radius 3 is 1.62 bits per heavy atom. The van der Waals surface area contributed by atoms with Gasteiger partial charge in [-0.25, -0.2) is 0 Å². The van der Waals surface area contributed by atoms with E-state index >= 15 is 0 Å². The zero-order chi connectivity index (χ0) is 11.2. The van der Waals surface area contributed by atoms with Gasteiger partial charge in [-0.2, -0.15) is 0 Å². The second kappa shape index (κ2) is 6.06. The predicted molar refractivity (Wildman–Crippen MR) is 65.4 cm³/mol. The second-order valence-corrected chi connectivity index (χ2v) is 4.82. The van der Waals surface area contributed by atoms with Gasteiger partial charge in [-0.15, -0.1) is 0 Å². The molecule has 0 N–H and O–H groups in total. The van der Waals surface area contributed by atoms with Crippen molar-refractivity contribution in [2.24, 2.45) is 0 Å². The molecule has 76 valence electrons. The molecule has 0 aliphatic carbocycles. The molecule has 1 heteroatoms. The maximum atomic E-state index is 2.33. The Kier molecular flexibility index (Phi) is 4.42. The van der Waals surface area contributed by atoms with Gasteiger partial charge in [0.2, 0.25) is 0 Å². The molecule has 0 saturated carbocycles. The molecule has 16 heavy (non-hydrogen) atoms. The zero-order valence-electron chi connectivity index (χ0n) is 9.14. The van der Waals surface area contributed by atoms with Crippen LogP contribution in [0.15, 0.2) is 60.7 Å². The van der Waals surface area contributed by atoms with Gasteiger partial charge in [0, 0.05) is 0 Å². The molecule has 0 spiro atoms. The van der Waals surface area contributed by atoms with E-state index in [0.29, 0.717) is 5.92 Å². The van der Waals surface area contributed by atoms with E-state index in [1.165, 1.54) is 35.4 Å². The minimum absolute atomic E-state index is 0.515. The molecule has 0 unspecified atom stereocenters. The van der Waals surface area contributed by atoms with Gasteiger partial charge in [0.1, 0.15) is 0 Å². The van der Waals surface area contributed by atoms with Crippen molar-refractivity contribution in [3.8, 4) is 0 Å². The summed E-state index contributed by atoms with van der Waals surface area (Å²) in [6.07, 6.45) is 1.13. The summed E-state index contributed by atoms with van der Waals surface area (Å²) < 4.78 is 2.33. The average molecular weight is 286 g/mol. The van der Waals surface area contributed by atoms with Crippen molar-refractivity contribution in [3.05, 3.63) is 71.8 Å². The molecular weight excluding hydrogens is 271 g/mol. The minimum atomic E-state index is 0.515. The summed E-state index contributed by atoms with van der Waals surface area (Å²) in [5.74, 6) is 0.515. The van der Waals surface area contributed by atoms with Crippen LogP contribution in [0.1, 0.15) is 23.5 Å². The second-order valence-electron chi connectivity index (χ2n) is 3.81. The van der Waals surface area contributed by atoms with Crippen molar-refractivity contribution in [1.82, 2.24) is 0 Å².